The Hall–Kier alpha value is -2.43. The van der Waals surface area contributed by atoms with Gasteiger partial charge in [0.15, 0.2) is 0 Å². The quantitative estimate of drug-likeness (QED) is 0.790. The number of fused-ring (bicyclic) bond motifs is 1. The van der Waals surface area contributed by atoms with Crippen molar-refractivity contribution in [2.24, 2.45) is 4.99 Å². The lowest BCUT2D eigenvalue weighted by atomic mass is 9.88. The van der Waals surface area contributed by atoms with E-state index in [1.807, 2.05) is 6.20 Å². The molecule has 0 saturated carbocycles. The molecule has 0 aromatic heterocycles. The monoisotopic (exact) mass is 360 g/mol. The summed E-state index contributed by atoms with van der Waals surface area (Å²) in [5.74, 6) is 0. The zero-order valence-electron chi connectivity index (χ0n) is 15.8. The zero-order chi connectivity index (χ0) is 18.5. The molecule has 4 heteroatoms. The fourth-order valence-electron chi connectivity index (χ4n) is 4.36. The number of hydrogen-bond donors (Lipinski definition) is 2. The maximum Gasteiger partial charge on any atom is 0.0611 e. The SMILES string of the molecule is C=N/C=C\NCC1=CC2=C(C=CCC2)C(N2CCNCC2)c2ccccc21. The Bertz CT molecular complexity index is 809. The highest BCUT2D eigenvalue weighted by Crippen LogP contribution is 2.42. The lowest BCUT2D eigenvalue weighted by Crippen LogP contribution is -2.45. The summed E-state index contributed by atoms with van der Waals surface area (Å²) >= 11 is 0. The van der Waals surface area contributed by atoms with E-state index >= 15 is 0 Å². The molecule has 1 heterocycles. The van der Waals surface area contributed by atoms with Crippen LogP contribution in [0, 0.1) is 0 Å². The molecule has 0 amide bonds. The first-order chi connectivity index (χ1) is 13.4. The smallest absolute Gasteiger partial charge is 0.0611 e. The molecule has 27 heavy (non-hydrogen) atoms. The molecule has 0 radical (unpaired) electrons. The van der Waals surface area contributed by atoms with Crippen LogP contribution in [0.5, 0.6) is 0 Å². The average molecular weight is 361 g/mol. The number of piperazine rings is 1. The lowest BCUT2D eigenvalue weighted by Gasteiger charge is -2.37. The van der Waals surface area contributed by atoms with Crippen LogP contribution >= 0.6 is 0 Å². The number of aliphatic imine (C=N–C) groups is 1. The van der Waals surface area contributed by atoms with Crippen molar-refractivity contribution in [2.45, 2.75) is 18.9 Å². The van der Waals surface area contributed by atoms with Crippen molar-refractivity contribution in [3.63, 3.8) is 0 Å². The second kappa shape index (κ2) is 8.51. The van der Waals surface area contributed by atoms with Crippen molar-refractivity contribution in [1.82, 2.24) is 15.5 Å². The number of benzene rings is 1. The van der Waals surface area contributed by atoms with Crippen molar-refractivity contribution < 1.29 is 0 Å². The highest BCUT2D eigenvalue weighted by Gasteiger charge is 2.31. The van der Waals surface area contributed by atoms with Gasteiger partial charge in [-0.1, -0.05) is 42.5 Å². The predicted molar refractivity (Wildman–Crippen MR) is 114 cm³/mol. The van der Waals surface area contributed by atoms with Crippen LogP contribution in [0.25, 0.3) is 5.57 Å². The molecule has 1 unspecified atom stereocenters. The normalized spacial score (nSPS) is 22.8. The summed E-state index contributed by atoms with van der Waals surface area (Å²) in [6.45, 7) is 8.58. The van der Waals surface area contributed by atoms with E-state index in [4.69, 9.17) is 0 Å². The summed E-state index contributed by atoms with van der Waals surface area (Å²) in [6, 6.07) is 9.26. The molecule has 1 atom stereocenters. The van der Waals surface area contributed by atoms with Crippen LogP contribution in [-0.2, 0) is 0 Å². The highest BCUT2D eigenvalue weighted by molar-refractivity contribution is 5.75. The van der Waals surface area contributed by atoms with Gasteiger partial charge in [-0.2, -0.15) is 0 Å². The van der Waals surface area contributed by atoms with Gasteiger partial charge < -0.3 is 10.6 Å². The van der Waals surface area contributed by atoms with E-state index in [2.05, 4.69) is 69.7 Å². The minimum absolute atomic E-state index is 0.342. The van der Waals surface area contributed by atoms with Crippen molar-refractivity contribution in [3.05, 3.63) is 77.2 Å². The maximum absolute atomic E-state index is 3.78. The first-order valence-corrected chi connectivity index (χ1v) is 9.87. The Morgan fingerprint density at radius 2 is 2.11 bits per heavy atom. The molecule has 1 fully saturated rings. The fourth-order valence-corrected chi connectivity index (χ4v) is 4.36. The molecule has 2 N–H and O–H groups in total. The maximum atomic E-state index is 3.78. The molecular weight excluding hydrogens is 332 g/mol. The van der Waals surface area contributed by atoms with Gasteiger partial charge in [0.25, 0.3) is 0 Å². The van der Waals surface area contributed by atoms with Gasteiger partial charge in [0.2, 0.25) is 0 Å². The first-order valence-electron chi connectivity index (χ1n) is 9.87. The van der Waals surface area contributed by atoms with Gasteiger partial charge >= 0.3 is 0 Å². The zero-order valence-corrected chi connectivity index (χ0v) is 15.8. The molecule has 1 aromatic carbocycles. The molecule has 0 bridgehead atoms. The highest BCUT2D eigenvalue weighted by atomic mass is 15.2. The molecule has 2 aliphatic carbocycles. The third-order valence-electron chi connectivity index (χ3n) is 5.60. The van der Waals surface area contributed by atoms with Crippen LogP contribution < -0.4 is 10.6 Å². The van der Waals surface area contributed by atoms with Gasteiger partial charge in [0.1, 0.15) is 0 Å². The summed E-state index contributed by atoms with van der Waals surface area (Å²) in [6.07, 6.45) is 12.9. The van der Waals surface area contributed by atoms with E-state index in [0.29, 0.717) is 6.04 Å². The molecule has 4 rings (SSSR count). The minimum Gasteiger partial charge on any atom is -0.386 e. The summed E-state index contributed by atoms with van der Waals surface area (Å²) in [7, 11) is 0. The van der Waals surface area contributed by atoms with Gasteiger partial charge in [-0.15, -0.1) is 0 Å². The van der Waals surface area contributed by atoms with Gasteiger partial charge in [0, 0.05) is 45.1 Å². The predicted octanol–water partition coefficient (Wildman–Crippen LogP) is 3.44. The summed E-state index contributed by atoms with van der Waals surface area (Å²) in [4.78, 5) is 6.42. The second-order valence-corrected chi connectivity index (χ2v) is 7.25. The minimum atomic E-state index is 0.342. The van der Waals surface area contributed by atoms with Crippen molar-refractivity contribution in [3.8, 4) is 0 Å². The van der Waals surface area contributed by atoms with E-state index in [1.165, 1.54) is 27.8 Å². The van der Waals surface area contributed by atoms with E-state index in [9.17, 15) is 0 Å². The van der Waals surface area contributed by atoms with Gasteiger partial charge in [-0.3, -0.25) is 9.89 Å². The molecule has 1 saturated heterocycles. The van der Waals surface area contributed by atoms with E-state index in [-0.39, 0.29) is 0 Å². The molecule has 4 nitrogen and oxygen atoms in total. The topological polar surface area (TPSA) is 39.7 Å². The fraction of sp³-hybridized carbons (Fsp3) is 0.348. The number of rotatable bonds is 5. The Labute approximate surface area is 162 Å². The Kier molecular flexibility index (Phi) is 5.66. The van der Waals surface area contributed by atoms with Crippen LogP contribution in [0.1, 0.15) is 30.0 Å². The molecule has 0 spiro atoms. The Balaban J connectivity index is 1.77. The summed E-state index contributed by atoms with van der Waals surface area (Å²) < 4.78 is 0. The molecule has 1 aliphatic heterocycles. The second-order valence-electron chi connectivity index (χ2n) is 7.25. The first kappa shape index (κ1) is 18.0. The number of hydrogen-bond acceptors (Lipinski definition) is 4. The van der Waals surface area contributed by atoms with Crippen LogP contribution in [0.3, 0.4) is 0 Å². The molecule has 140 valence electrons. The number of nitrogens with one attached hydrogen (secondary N) is 2. The van der Waals surface area contributed by atoms with E-state index in [0.717, 1.165) is 45.6 Å². The lowest BCUT2D eigenvalue weighted by molar-refractivity contribution is 0.197. The largest absolute Gasteiger partial charge is 0.386 e. The number of allylic oxidation sites excluding steroid dienone is 3. The Morgan fingerprint density at radius 3 is 2.96 bits per heavy atom. The molecule has 1 aromatic rings. The van der Waals surface area contributed by atoms with E-state index in [1.54, 1.807) is 6.20 Å². The van der Waals surface area contributed by atoms with E-state index < -0.39 is 0 Å². The standard InChI is InChI=1S/C23H28N4/c1-24-10-11-26-17-19-16-18-6-2-3-8-21(18)23(27-14-12-25-13-15-27)22-9-5-4-7-20(19)22/h3-5,7-11,16,23,25-26H,1-2,6,12-15,17H2/b11-10-. The average Bonchev–Trinajstić information content (AvgIpc) is 2.86. The number of nitrogens with zero attached hydrogens (tertiary/aromatic N) is 2. The third-order valence-corrected chi connectivity index (χ3v) is 5.60. The van der Waals surface area contributed by atoms with Crippen molar-refractivity contribution in [1.29, 1.82) is 0 Å². The molecular formula is C23H28N4. The van der Waals surface area contributed by atoms with Crippen molar-refractivity contribution >= 4 is 12.3 Å². The van der Waals surface area contributed by atoms with Crippen LogP contribution in [-0.4, -0.2) is 44.3 Å². The van der Waals surface area contributed by atoms with Gasteiger partial charge in [-0.05, 0) is 47.4 Å². The molecule has 3 aliphatic rings. The van der Waals surface area contributed by atoms with Gasteiger partial charge in [0.05, 0.1) is 6.04 Å². The van der Waals surface area contributed by atoms with Crippen LogP contribution in [0.2, 0.25) is 0 Å². The summed E-state index contributed by atoms with van der Waals surface area (Å²) in [5, 5.41) is 6.86. The van der Waals surface area contributed by atoms with Crippen LogP contribution in [0.4, 0.5) is 0 Å². The van der Waals surface area contributed by atoms with Gasteiger partial charge in [-0.25, -0.2) is 0 Å². The van der Waals surface area contributed by atoms with Crippen LogP contribution in [0.15, 0.2) is 71.0 Å². The van der Waals surface area contributed by atoms with Crippen molar-refractivity contribution in [2.75, 3.05) is 32.7 Å². The third kappa shape index (κ3) is 3.82. The Morgan fingerprint density at radius 1 is 1.26 bits per heavy atom. The summed E-state index contributed by atoms with van der Waals surface area (Å²) in [5.41, 5.74) is 7.10.